The van der Waals surface area contributed by atoms with Gasteiger partial charge in [-0.15, -0.1) is 0 Å². The summed E-state index contributed by atoms with van der Waals surface area (Å²) in [7, 11) is 0. The van der Waals surface area contributed by atoms with Gasteiger partial charge in [0.1, 0.15) is 11.7 Å². The highest BCUT2D eigenvalue weighted by atomic mass is 16.7. The van der Waals surface area contributed by atoms with Crippen LogP contribution >= 0.6 is 0 Å². The Morgan fingerprint density at radius 3 is 2.48 bits per heavy atom. The van der Waals surface area contributed by atoms with E-state index in [9.17, 15) is 10.2 Å². The zero-order chi connectivity index (χ0) is 18.9. The van der Waals surface area contributed by atoms with Crippen LogP contribution in [0, 0.1) is 17.8 Å². The molecular formula is C20H36O5. The fourth-order valence-corrected chi connectivity index (χ4v) is 3.50. The summed E-state index contributed by atoms with van der Waals surface area (Å²) < 4.78 is 17.6. The molecule has 2 unspecified atom stereocenters. The van der Waals surface area contributed by atoms with Crippen LogP contribution in [0.4, 0.5) is 0 Å². The van der Waals surface area contributed by atoms with Crippen molar-refractivity contribution in [1.82, 2.24) is 0 Å². The van der Waals surface area contributed by atoms with E-state index in [-0.39, 0.29) is 17.6 Å². The lowest BCUT2D eigenvalue weighted by Gasteiger charge is -2.41. The Labute approximate surface area is 152 Å². The second kappa shape index (κ2) is 7.95. The molecule has 0 aromatic heterocycles. The first-order valence-corrected chi connectivity index (χ1v) is 9.54. The number of hydrogen-bond acceptors (Lipinski definition) is 5. The number of allylic oxidation sites excluding steroid dienone is 1. The average molecular weight is 357 g/mol. The molecule has 1 saturated carbocycles. The monoisotopic (exact) mass is 356 g/mol. The fourth-order valence-electron chi connectivity index (χ4n) is 3.50. The standard InChI is InChI=1S/C20H36O5/c1-11(23-19-12(2)17(21)18(22)14(4)24-19)8-9-15-10-16(15)13(3)25-20(5,6)7/h11-12,14-19,21-22H,3,8-10H2,1-2,4-7H3/t11-,12-,14+,15?,16?,17+,18+,19-/m1/s1. The van der Waals surface area contributed by atoms with E-state index < -0.39 is 24.6 Å². The molecule has 0 radical (unpaired) electrons. The Morgan fingerprint density at radius 2 is 1.88 bits per heavy atom. The van der Waals surface area contributed by atoms with E-state index >= 15 is 0 Å². The maximum atomic E-state index is 10.1. The van der Waals surface area contributed by atoms with Gasteiger partial charge in [0.25, 0.3) is 0 Å². The van der Waals surface area contributed by atoms with Gasteiger partial charge in [-0.1, -0.05) is 13.5 Å². The van der Waals surface area contributed by atoms with E-state index in [2.05, 4.69) is 6.58 Å². The molecule has 5 heteroatoms. The summed E-state index contributed by atoms with van der Waals surface area (Å²) in [5.74, 6) is 1.74. The number of hydrogen-bond donors (Lipinski definition) is 2. The SMILES string of the molecule is C=C(OC(C)(C)C)C1CC1CC[C@@H](C)O[C@@H]1O[C@@H](C)[C@H](O)[C@@H](O)[C@H]1C. The van der Waals surface area contributed by atoms with Gasteiger partial charge >= 0.3 is 0 Å². The van der Waals surface area contributed by atoms with Crippen molar-refractivity contribution in [3.05, 3.63) is 12.3 Å². The second-order valence-electron chi connectivity index (χ2n) is 8.86. The van der Waals surface area contributed by atoms with E-state index in [1.54, 1.807) is 6.92 Å². The van der Waals surface area contributed by atoms with Crippen molar-refractivity contribution in [2.45, 2.75) is 97.1 Å². The smallest absolute Gasteiger partial charge is 0.163 e. The van der Waals surface area contributed by atoms with Crippen LogP contribution in [0.15, 0.2) is 12.3 Å². The summed E-state index contributed by atoms with van der Waals surface area (Å²) in [4.78, 5) is 0. The predicted octanol–water partition coefficient (Wildman–Crippen LogP) is 3.24. The molecule has 5 nitrogen and oxygen atoms in total. The van der Waals surface area contributed by atoms with Gasteiger partial charge in [-0.05, 0) is 59.8 Å². The molecule has 2 N–H and O–H groups in total. The molecule has 1 aliphatic heterocycles. The van der Waals surface area contributed by atoms with Crippen molar-refractivity contribution in [3.63, 3.8) is 0 Å². The molecule has 1 aliphatic carbocycles. The van der Waals surface area contributed by atoms with Crippen LogP contribution in [0.3, 0.4) is 0 Å². The summed E-state index contributed by atoms with van der Waals surface area (Å²) in [6.07, 6.45) is 0.619. The summed E-state index contributed by atoms with van der Waals surface area (Å²) in [6, 6.07) is 0. The largest absolute Gasteiger partial charge is 0.493 e. The fraction of sp³-hybridized carbons (Fsp3) is 0.900. The molecule has 0 amide bonds. The molecule has 0 aromatic rings. The first-order chi connectivity index (χ1) is 11.5. The van der Waals surface area contributed by atoms with E-state index in [0.29, 0.717) is 11.8 Å². The van der Waals surface area contributed by atoms with Crippen molar-refractivity contribution < 1.29 is 24.4 Å². The molecule has 0 spiro atoms. The predicted molar refractivity (Wildman–Crippen MR) is 96.9 cm³/mol. The van der Waals surface area contributed by atoms with E-state index in [4.69, 9.17) is 14.2 Å². The van der Waals surface area contributed by atoms with Gasteiger partial charge in [0.15, 0.2) is 6.29 Å². The molecule has 0 bridgehead atoms. The molecule has 2 aliphatic rings. The zero-order valence-electron chi connectivity index (χ0n) is 16.6. The summed E-state index contributed by atoms with van der Waals surface area (Å²) >= 11 is 0. The van der Waals surface area contributed by atoms with Crippen molar-refractivity contribution in [1.29, 1.82) is 0 Å². The molecule has 1 heterocycles. The van der Waals surface area contributed by atoms with Crippen LogP contribution in [0.25, 0.3) is 0 Å². The quantitative estimate of drug-likeness (QED) is 0.686. The molecule has 0 aromatic carbocycles. The molecule has 2 rings (SSSR count). The van der Waals surface area contributed by atoms with Crippen molar-refractivity contribution >= 4 is 0 Å². The first-order valence-electron chi connectivity index (χ1n) is 9.54. The number of aliphatic hydroxyl groups excluding tert-OH is 2. The Bertz CT molecular complexity index is 457. The summed E-state index contributed by atoms with van der Waals surface area (Å²) in [5, 5.41) is 19.9. The highest BCUT2D eigenvalue weighted by Crippen LogP contribution is 2.48. The van der Waals surface area contributed by atoms with Crippen LogP contribution in [0.1, 0.15) is 60.8 Å². The van der Waals surface area contributed by atoms with Crippen LogP contribution in [-0.4, -0.2) is 46.5 Å². The maximum absolute atomic E-state index is 10.1. The van der Waals surface area contributed by atoms with Crippen LogP contribution in [0.5, 0.6) is 0 Å². The molecule has 2 fully saturated rings. The normalized spacial score (nSPS) is 39.8. The third-order valence-corrected chi connectivity index (χ3v) is 5.23. The van der Waals surface area contributed by atoms with E-state index in [1.165, 1.54) is 0 Å². The van der Waals surface area contributed by atoms with Gasteiger partial charge in [-0.3, -0.25) is 0 Å². The minimum absolute atomic E-state index is 0.0418. The van der Waals surface area contributed by atoms with Gasteiger partial charge in [-0.25, -0.2) is 0 Å². The maximum Gasteiger partial charge on any atom is 0.163 e. The third-order valence-electron chi connectivity index (χ3n) is 5.23. The Morgan fingerprint density at radius 1 is 1.24 bits per heavy atom. The second-order valence-corrected chi connectivity index (χ2v) is 8.86. The number of ether oxygens (including phenoxy) is 3. The highest BCUT2D eigenvalue weighted by molar-refractivity contribution is 5.06. The first kappa shape index (κ1) is 20.7. The number of aliphatic hydroxyl groups is 2. The minimum atomic E-state index is -0.855. The lowest BCUT2D eigenvalue weighted by molar-refractivity contribution is -0.284. The molecular weight excluding hydrogens is 320 g/mol. The van der Waals surface area contributed by atoms with Crippen molar-refractivity contribution in [2.75, 3.05) is 0 Å². The topological polar surface area (TPSA) is 68.2 Å². The van der Waals surface area contributed by atoms with E-state index in [0.717, 1.165) is 25.0 Å². The van der Waals surface area contributed by atoms with Gasteiger partial charge in [-0.2, -0.15) is 0 Å². The van der Waals surface area contributed by atoms with Gasteiger partial charge in [0.2, 0.25) is 0 Å². The Kier molecular flexibility index (Phi) is 6.58. The van der Waals surface area contributed by atoms with Gasteiger partial charge in [0.05, 0.1) is 24.1 Å². The van der Waals surface area contributed by atoms with Crippen molar-refractivity contribution in [3.8, 4) is 0 Å². The molecule has 1 saturated heterocycles. The highest BCUT2D eigenvalue weighted by Gasteiger charge is 2.43. The van der Waals surface area contributed by atoms with Gasteiger partial charge < -0.3 is 24.4 Å². The lowest BCUT2D eigenvalue weighted by atomic mass is 9.93. The van der Waals surface area contributed by atoms with E-state index in [1.807, 2.05) is 34.6 Å². The average Bonchev–Trinajstić information content (AvgIpc) is 3.26. The van der Waals surface area contributed by atoms with Crippen LogP contribution < -0.4 is 0 Å². The number of rotatable bonds is 7. The summed E-state index contributed by atoms with van der Waals surface area (Å²) in [5.41, 5.74) is -0.183. The molecule has 8 atom stereocenters. The zero-order valence-corrected chi connectivity index (χ0v) is 16.6. The van der Waals surface area contributed by atoms with Gasteiger partial charge in [0, 0.05) is 11.8 Å². The van der Waals surface area contributed by atoms with Crippen molar-refractivity contribution in [2.24, 2.45) is 17.8 Å². The molecule has 25 heavy (non-hydrogen) atoms. The molecule has 146 valence electrons. The Hall–Kier alpha value is -0.620. The van der Waals surface area contributed by atoms with Crippen LogP contribution in [-0.2, 0) is 14.2 Å². The lowest BCUT2D eigenvalue weighted by Crippen LogP contribution is -2.53. The third kappa shape index (κ3) is 5.68. The minimum Gasteiger partial charge on any atom is -0.493 e. The van der Waals surface area contributed by atoms with Crippen LogP contribution in [0.2, 0.25) is 0 Å². The Balaban J connectivity index is 1.71. The summed E-state index contributed by atoms with van der Waals surface area (Å²) in [6.45, 7) is 15.9.